The Morgan fingerprint density at radius 1 is 0.889 bits per heavy atom. The fourth-order valence-electron chi connectivity index (χ4n) is 2.10. The maximum absolute atomic E-state index is 10.3. The van der Waals surface area contributed by atoms with Crippen molar-refractivity contribution in [2.24, 2.45) is 0 Å². The van der Waals surface area contributed by atoms with Gasteiger partial charge in [-0.25, -0.2) is 0 Å². The molecule has 0 unspecified atom stereocenters. The molecule has 0 aromatic carbocycles. The summed E-state index contributed by atoms with van der Waals surface area (Å²) in [6, 6.07) is 0. The van der Waals surface area contributed by atoms with E-state index >= 15 is 0 Å². The van der Waals surface area contributed by atoms with Crippen molar-refractivity contribution in [2.75, 3.05) is 0 Å². The van der Waals surface area contributed by atoms with Crippen molar-refractivity contribution < 1.29 is 15.0 Å². The van der Waals surface area contributed by atoms with Gasteiger partial charge in [-0.2, -0.15) is 0 Å². The first-order valence-corrected chi connectivity index (χ1v) is 7.56. The average Bonchev–Trinajstić information content (AvgIpc) is 2.35. The molecule has 0 aromatic heterocycles. The minimum atomic E-state index is -0.677. The van der Waals surface area contributed by atoms with E-state index in [-0.39, 0.29) is 6.10 Å². The van der Waals surface area contributed by atoms with Crippen molar-refractivity contribution in [3.05, 3.63) is 0 Å². The number of aliphatic hydroxyl groups is 1. The molecule has 0 amide bonds. The maximum Gasteiger partial charge on any atom is 0.303 e. The van der Waals surface area contributed by atoms with Crippen LogP contribution in [0.1, 0.15) is 84.0 Å². The number of carboxylic acids is 1. The maximum atomic E-state index is 10.3. The number of aliphatic carboxylic acids is 1. The number of hydrogen-bond donors (Lipinski definition) is 2. The first-order chi connectivity index (χ1) is 8.66. The van der Waals surface area contributed by atoms with Crippen molar-refractivity contribution in [3.8, 4) is 0 Å². The van der Waals surface area contributed by atoms with Crippen molar-refractivity contribution >= 4 is 5.97 Å². The molecule has 108 valence electrons. The van der Waals surface area contributed by atoms with E-state index in [1.165, 1.54) is 38.5 Å². The van der Waals surface area contributed by atoms with Crippen LogP contribution in [0.3, 0.4) is 0 Å². The van der Waals surface area contributed by atoms with Gasteiger partial charge >= 0.3 is 5.97 Å². The summed E-state index contributed by atoms with van der Waals surface area (Å²) in [6.45, 7) is 2.02. The van der Waals surface area contributed by atoms with Gasteiger partial charge in [0.1, 0.15) is 0 Å². The molecule has 0 aliphatic heterocycles. The summed E-state index contributed by atoms with van der Waals surface area (Å²) in [6.07, 6.45) is 12.5. The van der Waals surface area contributed by atoms with Crippen LogP contribution in [0.2, 0.25) is 0 Å². The summed E-state index contributed by atoms with van der Waals surface area (Å²) in [5.41, 5.74) is 0. The Bertz CT molecular complexity index is 192. The molecule has 0 aliphatic rings. The second kappa shape index (κ2) is 12.9. The first-order valence-electron chi connectivity index (χ1n) is 7.56. The van der Waals surface area contributed by atoms with Gasteiger partial charge in [-0.3, -0.25) is 4.79 Å². The van der Waals surface area contributed by atoms with Gasteiger partial charge in [0.2, 0.25) is 0 Å². The number of rotatable bonds is 13. The lowest BCUT2D eigenvalue weighted by Crippen LogP contribution is -2.03. The molecule has 0 radical (unpaired) electrons. The van der Waals surface area contributed by atoms with Gasteiger partial charge in [-0.15, -0.1) is 0 Å². The van der Waals surface area contributed by atoms with Gasteiger partial charge in [0.15, 0.2) is 0 Å². The summed E-state index contributed by atoms with van der Waals surface area (Å²) in [7, 11) is 0. The van der Waals surface area contributed by atoms with Crippen molar-refractivity contribution in [2.45, 2.75) is 90.1 Å². The highest BCUT2D eigenvalue weighted by atomic mass is 16.4. The Balaban J connectivity index is 3.01. The van der Waals surface area contributed by atoms with Crippen LogP contribution in [0, 0.1) is 0 Å². The summed E-state index contributed by atoms with van der Waals surface area (Å²) in [5, 5.41) is 17.9. The molecule has 0 rings (SSSR count). The zero-order valence-electron chi connectivity index (χ0n) is 11.9. The standard InChI is InChI=1S/C15H30O3/c1-2-14(16)12-10-8-6-4-3-5-7-9-11-13-15(17)18/h14,16H,2-13H2,1H3,(H,17,18)/t14-/m1/s1. The second-order valence-electron chi connectivity index (χ2n) is 5.18. The van der Waals surface area contributed by atoms with Gasteiger partial charge in [0, 0.05) is 6.42 Å². The van der Waals surface area contributed by atoms with E-state index in [1.54, 1.807) is 0 Å². The number of unbranched alkanes of at least 4 members (excludes halogenated alkanes) is 8. The van der Waals surface area contributed by atoms with Crippen LogP contribution in [0.15, 0.2) is 0 Å². The molecule has 3 nitrogen and oxygen atoms in total. The third-order valence-corrected chi connectivity index (χ3v) is 3.40. The molecular weight excluding hydrogens is 228 g/mol. The molecule has 0 aliphatic carbocycles. The van der Waals surface area contributed by atoms with Crippen molar-refractivity contribution in [1.29, 1.82) is 0 Å². The smallest absolute Gasteiger partial charge is 0.303 e. The molecule has 2 N–H and O–H groups in total. The molecule has 0 saturated carbocycles. The molecule has 0 saturated heterocycles. The van der Waals surface area contributed by atoms with E-state index in [0.717, 1.165) is 32.1 Å². The number of carbonyl (C=O) groups is 1. The minimum absolute atomic E-state index is 0.0979. The Kier molecular flexibility index (Phi) is 12.5. The van der Waals surface area contributed by atoms with E-state index in [4.69, 9.17) is 5.11 Å². The largest absolute Gasteiger partial charge is 0.481 e. The molecule has 0 heterocycles. The van der Waals surface area contributed by atoms with Gasteiger partial charge in [0.05, 0.1) is 6.10 Å². The molecule has 3 heteroatoms. The highest BCUT2D eigenvalue weighted by molar-refractivity contribution is 5.66. The fourth-order valence-corrected chi connectivity index (χ4v) is 2.10. The third kappa shape index (κ3) is 13.5. The van der Waals surface area contributed by atoms with Crippen LogP contribution in [0.5, 0.6) is 0 Å². The molecule has 18 heavy (non-hydrogen) atoms. The zero-order chi connectivity index (χ0) is 13.6. The number of carboxylic acid groups (broad SMARTS) is 1. The number of aliphatic hydroxyl groups excluding tert-OH is 1. The van der Waals surface area contributed by atoms with Crippen LogP contribution in [-0.2, 0) is 4.79 Å². The van der Waals surface area contributed by atoms with E-state index < -0.39 is 5.97 Å². The Morgan fingerprint density at radius 3 is 1.78 bits per heavy atom. The Morgan fingerprint density at radius 2 is 1.33 bits per heavy atom. The van der Waals surface area contributed by atoms with Crippen LogP contribution < -0.4 is 0 Å². The predicted octanol–water partition coefficient (Wildman–Crippen LogP) is 4.13. The van der Waals surface area contributed by atoms with E-state index in [2.05, 4.69) is 0 Å². The van der Waals surface area contributed by atoms with Gasteiger partial charge < -0.3 is 10.2 Å². The lowest BCUT2D eigenvalue weighted by atomic mass is 10.0. The highest BCUT2D eigenvalue weighted by Gasteiger charge is 2.00. The van der Waals surface area contributed by atoms with Gasteiger partial charge in [0.25, 0.3) is 0 Å². The summed E-state index contributed by atoms with van der Waals surface area (Å²) < 4.78 is 0. The van der Waals surface area contributed by atoms with Crippen LogP contribution >= 0.6 is 0 Å². The third-order valence-electron chi connectivity index (χ3n) is 3.40. The molecule has 0 spiro atoms. The highest BCUT2D eigenvalue weighted by Crippen LogP contribution is 2.12. The molecule has 0 bridgehead atoms. The van der Waals surface area contributed by atoms with Crippen LogP contribution in [0.4, 0.5) is 0 Å². The lowest BCUT2D eigenvalue weighted by Gasteiger charge is -2.06. The molecular formula is C15H30O3. The van der Waals surface area contributed by atoms with Crippen molar-refractivity contribution in [1.82, 2.24) is 0 Å². The normalized spacial score (nSPS) is 12.6. The summed E-state index contributed by atoms with van der Waals surface area (Å²) in [4.78, 5) is 10.3. The van der Waals surface area contributed by atoms with Crippen LogP contribution in [-0.4, -0.2) is 22.3 Å². The Labute approximate surface area is 112 Å². The fraction of sp³-hybridized carbons (Fsp3) is 0.933. The first kappa shape index (κ1) is 17.4. The van der Waals surface area contributed by atoms with E-state index in [9.17, 15) is 9.90 Å². The summed E-state index contributed by atoms with van der Waals surface area (Å²) >= 11 is 0. The van der Waals surface area contributed by atoms with Gasteiger partial charge in [-0.1, -0.05) is 58.3 Å². The average molecular weight is 258 g/mol. The topological polar surface area (TPSA) is 57.5 Å². The lowest BCUT2D eigenvalue weighted by molar-refractivity contribution is -0.137. The quantitative estimate of drug-likeness (QED) is 0.488. The molecule has 0 aromatic rings. The Hall–Kier alpha value is -0.570. The van der Waals surface area contributed by atoms with E-state index in [1.807, 2.05) is 6.92 Å². The number of hydrogen-bond acceptors (Lipinski definition) is 2. The van der Waals surface area contributed by atoms with Crippen molar-refractivity contribution in [3.63, 3.8) is 0 Å². The van der Waals surface area contributed by atoms with E-state index in [0.29, 0.717) is 6.42 Å². The summed E-state index contributed by atoms with van der Waals surface area (Å²) in [5.74, 6) is -0.677. The molecule has 0 fully saturated rings. The monoisotopic (exact) mass is 258 g/mol. The SMILES string of the molecule is CC[C@@H](O)CCCCCCCCCCCC(=O)O. The minimum Gasteiger partial charge on any atom is -0.481 e. The second-order valence-corrected chi connectivity index (χ2v) is 5.18. The zero-order valence-corrected chi connectivity index (χ0v) is 11.9. The van der Waals surface area contributed by atoms with Crippen LogP contribution in [0.25, 0.3) is 0 Å². The molecule has 1 atom stereocenters. The van der Waals surface area contributed by atoms with Gasteiger partial charge in [-0.05, 0) is 19.3 Å². The predicted molar refractivity (Wildman–Crippen MR) is 74.7 cm³/mol.